The molecule has 0 fully saturated rings. The van der Waals surface area contributed by atoms with Crippen molar-refractivity contribution in [3.05, 3.63) is 42.5 Å². The molecule has 14 heavy (non-hydrogen) atoms. The van der Waals surface area contributed by atoms with Gasteiger partial charge in [-0.3, -0.25) is 0 Å². The number of benzene rings is 1. The van der Waals surface area contributed by atoms with Crippen LogP contribution in [0.4, 0.5) is 5.69 Å². The van der Waals surface area contributed by atoms with Crippen molar-refractivity contribution in [1.29, 1.82) is 0 Å². The van der Waals surface area contributed by atoms with Crippen LogP contribution in [0.3, 0.4) is 0 Å². The molecule has 0 aliphatic heterocycles. The van der Waals surface area contributed by atoms with Gasteiger partial charge in [0, 0.05) is 23.8 Å². The van der Waals surface area contributed by atoms with Crippen molar-refractivity contribution in [2.24, 2.45) is 0 Å². The monoisotopic (exact) mass is 189 g/mol. The Morgan fingerprint density at radius 3 is 2.64 bits per heavy atom. The Balaban J connectivity index is 2.44. The Labute approximate surface area is 81.6 Å². The summed E-state index contributed by atoms with van der Waals surface area (Å²) in [7, 11) is 0. The fourth-order valence-corrected chi connectivity index (χ4v) is 1.32. The first-order chi connectivity index (χ1) is 6.81. The Morgan fingerprint density at radius 2 is 2.00 bits per heavy atom. The van der Waals surface area contributed by atoms with Gasteiger partial charge in [0.2, 0.25) is 0 Å². The highest BCUT2D eigenvalue weighted by Crippen LogP contribution is 2.12. The number of imidazole rings is 1. The number of hydrogen-bond donors (Lipinski definition) is 2. The zero-order valence-electron chi connectivity index (χ0n) is 7.59. The van der Waals surface area contributed by atoms with Gasteiger partial charge in [0.05, 0.1) is 0 Å². The van der Waals surface area contributed by atoms with E-state index in [9.17, 15) is 0 Å². The summed E-state index contributed by atoms with van der Waals surface area (Å²) < 4.78 is 1.82. The Hall–Kier alpha value is -1.81. The van der Waals surface area contributed by atoms with Crippen LogP contribution in [0.1, 0.15) is 5.82 Å². The molecule has 0 spiro atoms. The number of aliphatic hydroxyl groups excluding tert-OH is 1. The van der Waals surface area contributed by atoms with Gasteiger partial charge in [-0.15, -0.1) is 0 Å². The molecule has 0 radical (unpaired) electrons. The molecule has 0 aliphatic carbocycles. The van der Waals surface area contributed by atoms with Gasteiger partial charge in [-0.05, 0) is 24.3 Å². The first-order valence-corrected chi connectivity index (χ1v) is 4.30. The smallest absolute Gasteiger partial charge is 0.139 e. The largest absolute Gasteiger partial charge is 0.399 e. The van der Waals surface area contributed by atoms with Gasteiger partial charge < -0.3 is 15.4 Å². The SMILES string of the molecule is Nc1ccc(-n2ccnc2CO)cc1. The van der Waals surface area contributed by atoms with Gasteiger partial charge in [0.15, 0.2) is 0 Å². The molecular weight excluding hydrogens is 178 g/mol. The third kappa shape index (κ3) is 1.47. The average Bonchev–Trinajstić information content (AvgIpc) is 2.67. The van der Waals surface area contributed by atoms with Crippen LogP contribution in [0.15, 0.2) is 36.7 Å². The normalized spacial score (nSPS) is 10.4. The van der Waals surface area contributed by atoms with Gasteiger partial charge >= 0.3 is 0 Å². The number of rotatable bonds is 2. The second kappa shape index (κ2) is 3.51. The molecule has 0 saturated heterocycles. The lowest BCUT2D eigenvalue weighted by Crippen LogP contribution is -2.00. The average molecular weight is 189 g/mol. The summed E-state index contributed by atoms with van der Waals surface area (Å²) in [5.41, 5.74) is 7.24. The van der Waals surface area contributed by atoms with Crippen molar-refractivity contribution in [2.75, 3.05) is 5.73 Å². The fourth-order valence-electron chi connectivity index (χ4n) is 1.32. The molecule has 3 N–H and O–H groups in total. The molecular formula is C10H11N3O. The molecule has 0 aliphatic rings. The lowest BCUT2D eigenvalue weighted by molar-refractivity contribution is 0.269. The van der Waals surface area contributed by atoms with Crippen LogP contribution < -0.4 is 5.73 Å². The van der Waals surface area contributed by atoms with Gasteiger partial charge in [-0.1, -0.05) is 0 Å². The molecule has 4 heteroatoms. The van der Waals surface area contributed by atoms with Gasteiger partial charge in [0.25, 0.3) is 0 Å². The Kier molecular flexibility index (Phi) is 2.20. The molecule has 1 aromatic carbocycles. The molecule has 0 bridgehead atoms. The summed E-state index contributed by atoms with van der Waals surface area (Å²) >= 11 is 0. The fraction of sp³-hybridized carbons (Fsp3) is 0.100. The highest BCUT2D eigenvalue weighted by molar-refractivity contribution is 5.45. The lowest BCUT2D eigenvalue weighted by Gasteiger charge is -2.05. The summed E-state index contributed by atoms with van der Waals surface area (Å²) in [6, 6.07) is 7.40. The lowest BCUT2D eigenvalue weighted by atomic mass is 10.3. The van der Waals surface area contributed by atoms with Crippen LogP contribution >= 0.6 is 0 Å². The number of nitrogens with two attached hydrogens (primary N) is 1. The van der Waals surface area contributed by atoms with Gasteiger partial charge in [-0.2, -0.15) is 0 Å². The molecule has 0 saturated carbocycles. The summed E-state index contributed by atoms with van der Waals surface area (Å²) in [4.78, 5) is 4.02. The summed E-state index contributed by atoms with van der Waals surface area (Å²) in [5.74, 6) is 0.620. The number of nitrogens with zero attached hydrogens (tertiary/aromatic N) is 2. The molecule has 0 amide bonds. The van der Waals surface area contributed by atoms with E-state index in [0.717, 1.165) is 11.4 Å². The molecule has 4 nitrogen and oxygen atoms in total. The summed E-state index contributed by atoms with van der Waals surface area (Å²) in [5, 5.41) is 9.02. The van der Waals surface area contributed by atoms with E-state index in [2.05, 4.69) is 4.98 Å². The second-order valence-electron chi connectivity index (χ2n) is 2.96. The number of aromatic nitrogens is 2. The topological polar surface area (TPSA) is 64.1 Å². The molecule has 72 valence electrons. The standard InChI is InChI=1S/C10H11N3O/c11-8-1-3-9(4-2-8)13-6-5-12-10(13)7-14/h1-6,14H,7,11H2. The third-order valence-electron chi connectivity index (χ3n) is 2.03. The van der Waals surface area contributed by atoms with Crippen LogP contribution in [0.2, 0.25) is 0 Å². The quantitative estimate of drug-likeness (QED) is 0.691. The van der Waals surface area contributed by atoms with Crippen molar-refractivity contribution < 1.29 is 5.11 Å². The van der Waals surface area contributed by atoms with Crippen LogP contribution in [0.25, 0.3) is 5.69 Å². The Bertz CT molecular complexity index is 419. The van der Waals surface area contributed by atoms with E-state index in [1.54, 1.807) is 12.4 Å². The van der Waals surface area contributed by atoms with Gasteiger partial charge in [-0.25, -0.2) is 4.98 Å². The van der Waals surface area contributed by atoms with E-state index in [4.69, 9.17) is 10.8 Å². The number of aliphatic hydroxyl groups is 1. The van der Waals surface area contributed by atoms with Crippen LogP contribution in [0, 0.1) is 0 Å². The van der Waals surface area contributed by atoms with Gasteiger partial charge in [0.1, 0.15) is 12.4 Å². The van der Waals surface area contributed by atoms with Crippen LogP contribution in [0.5, 0.6) is 0 Å². The maximum Gasteiger partial charge on any atom is 0.139 e. The minimum Gasteiger partial charge on any atom is -0.399 e. The second-order valence-corrected chi connectivity index (χ2v) is 2.96. The van der Waals surface area contributed by atoms with E-state index in [1.165, 1.54) is 0 Å². The molecule has 2 rings (SSSR count). The summed E-state index contributed by atoms with van der Waals surface area (Å²) in [6.07, 6.45) is 3.46. The number of anilines is 1. The van der Waals surface area contributed by atoms with Crippen LogP contribution in [-0.4, -0.2) is 14.7 Å². The zero-order chi connectivity index (χ0) is 9.97. The molecule has 1 aromatic heterocycles. The maximum atomic E-state index is 9.02. The predicted molar refractivity (Wildman–Crippen MR) is 53.9 cm³/mol. The van der Waals surface area contributed by atoms with Crippen molar-refractivity contribution in [3.63, 3.8) is 0 Å². The first kappa shape index (κ1) is 8.77. The van der Waals surface area contributed by atoms with Crippen molar-refractivity contribution in [3.8, 4) is 5.69 Å². The number of hydrogen-bond acceptors (Lipinski definition) is 3. The number of nitrogen functional groups attached to an aromatic ring is 1. The highest BCUT2D eigenvalue weighted by Gasteiger charge is 2.02. The molecule has 2 aromatic rings. The molecule has 0 atom stereocenters. The predicted octanol–water partition coefficient (Wildman–Crippen LogP) is 0.947. The van der Waals surface area contributed by atoms with E-state index >= 15 is 0 Å². The minimum atomic E-state index is -0.0720. The minimum absolute atomic E-state index is 0.0720. The molecule has 1 heterocycles. The highest BCUT2D eigenvalue weighted by atomic mass is 16.3. The van der Waals surface area contributed by atoms with Crippen molar-refractivity contribution in [1.82, 2.24) is 9.55 Å². The maximum absolute atomic E-state index is 9.02. The van der Waals surface area contributed by atoms with E-state index < -0.39 is 0 Å². The molecule has 0 unspecified atom stereocenters. The zero-order valence-corrected chi connectivity index (χ0v) is 7.59. The van der Waals surface area contributed by atoms with Crippen molar-refractivity contribution >= 4 is 5.69 Å². The van der Waals surface area contributed by atoms with Crippen molar-refractivity contribution in [2.45, 2.75) is 6.61 Å². The Morgan fingerprint density at radius 1 is 1.29 bits per heavy atom. The van der Waals surface area contributed by atoms with E-state index in [1.807, 2.05) is 28.8 Å². The van der Waals surface area contributed by atoms with Crippen LogP contribution in [-0.2, 0) is 6.61 Å². The van der Waals surface area contributed by atoms with E-state index in [-0.39, 0.29) is 6.61 Å². The van der Waals surface area contributed by atoms with E-state index in [0.29, 0.717) is 5.82 Å². The summed E-state index contributed by atoms with van der Waals surface area (Å²) in [6.45, 7) is -0.0720. The third-order valence-corrected chi connectivity index (χ3v) is 2.03. The first-order valence-electron chi connectivity index (χ1n) is 4.30.